The predicted molar refractivity (Wildman–Crippen MR) is 207 cm³/mol. The highest BCUT2D eigenvalue weighted by atomic mass is 31.0. The summed E-state index contributed by atoms with van der Waals surface area (Å²) in [6.45, 7) is 3.64. The van der Waals surface area contributed by atoms with Crippen LogP contribution in [0.15, 0.2) is 121 Å². The van der Waals surface area contributed by atoms with Crippen LogP contribution in [0.5, 0.6) is 23.0 Å². The summed E-state index contributed by atoms with van der Waals surface area (Å²) in [7, 11) is 1.27. The molecule has 1 aliphatic heterocycles. The SMILES string of the molecule is c1cc(-c2ccc(-c3ccc(OCC4CC4)cc3)[pH]2)ccc1OCCCCOc1ccc(-c2ccc(-c3ccc(OCC4CO4)cc3)[pH]2)cc1. The lowest BCUT2D eigenvalue weighted by atomic mass is 10.1. The zero-order valence-corrected chi connectivity index (χ0v) is 30.1. The highest BCUT2D eigenvalue weighted by molar-refractivity contribution is 7.38. The number of rotatable bonds is 17. The molecule has 0 radical (unpaired) electrons. The van der Waals surface area contributed by atoms with Gasteiger partial charge in [0.15, 0.2) is 0 Å². The number of epoxide rings is 1. The molecule has 6 aromatic rings. The zero-order chi connectivity index (χ0) is 33.5. The Bertz CT molecular complexity index is 1810. The Kier molecular flexibility index (Phi) is 10.3. The fourth-order valence-corrected chi connectivity index (χ4v) is 8.31. The molecule has 3 unspecified atom stereocenters. The predicted octanol–water partition coefficient (Wildman–Crippen LogP) is 11.2. The number of unbranched alkanes of at least 4 members (excludes halogenated alkanes) is 1. The van der Waals surface area contributed by atoms with Crippen LogP contribution in [0.3, 0.4) is 0 Å². The maximum atomic E-state index is 6.04. The Labute approximate surface area is 297 Å². The van der Waals surface area contributed by atoms with Gasteiger partial charge >= 0.3 is 0 Å². The van der Waals surface area contributed by atoms with E-state index < -0.39 is 0 Å². The van der Waals surface area contributed by atoms with Gasteiger partial charge < -0.3 is 23.7 Å². The molecule has 1 aliphatic carbocycles. The van der Waals surface area contributed by atoms with Crippen molar-refractivity contribution in [2.45, 2.75) is 31.8 Å². The summed E-state index contributed by atoms with van der Waals surface area (Å²) >= 11 is 0. The highest BCUT2D eigenvalue weighted by Gasteiger charge is 2.23. The molecule has 3 atom stereocenters. The Morgan fingerprint density at radius 2 is 0.780 bits per heavy atom. The average Bonchev–Trinajstić information content (AvgIpc) is 4.08. The molecular formula is C43H42O5P2. The minimum atomic E-state index is 0.271. The topological polar surface area (TPSA) is 49.5 Å². The summed E-state index contributed by atoms with van der Waals surface area (Å²) in [5.41, 5.74) is 5.01. The van der Waals surface area contributed by atoms with Crippen LogP contribution in [0.25, 0.3) is 43.4 Å². The van der Waals surface area contributed by atoms with Crippen LogP contribution < -0.4 is 18.9 Å². The van der Waals surface area contributed by atoms with Crippen LogP contribution in [-0.2, 0) is 4.74 Å². The summed E-state index contributed by atoms with van der Waals surface area (Å²) in [6.07, 6.45) is 4.77. The van der Waals surface area contributed by atoms with Crippen LogP contribution in [0.1, 0.15) is 25.7 Å². The molecule has 0 amide bonds. The number of hydrogen-bond donors (Lipinski definition) is 0. The van der Waals surface area contributed by atoms with Crippen LogP contribution in [0.4, 0.5) is 0 Å². The molecule has 7 heteroatoms. The second-order valence-electron chi connectivity index (χ2n) is 13.1. The van der Waals surface area contributed by atoms with E-state index in [2.05, 4.69) is 109 Å². The molecule has 254 valence electrons. The van der Waals surface area contributed by atoms with Gasteiger partial charge in [-0.3, -0.25) is 0 Å². The molecule has 2 fully saturated rings. The van der Waals surface area contributed by atoms with Crippen molar-refractivity contribution in [3.05, 3.63) is 121 Å². The quantitative estimate of drug-likeness (QED) is 0.0700. The summed E-state index contributed by atoms with van der Waals surface area (Å²) < 4.78 is 29.0. The number of benzene rings is 4. The minimum Gasteiger partial charge on any atom is -0.494 e. The molecule has 50 heavy (non-hydrogen) atoms. The van der Waals surface area contributed by atoms with Crippen molar-refractivity contribution in [3.63, 3.8) is 0 Å². The molecule has 8 rings (SSSR count). The number of ether oxygens (including phenoxy) is 5. The first-order valence-electron chi connectivity index (χ1n) is 17.6. The van der Waals surface area contributed by atoms with Gasteiger partial charge in [0.25, 0.3) is 0 Å². The normalized spacial score (nSPS) is 15.4. The van der Waals surface area contributed by atoms with Crippen molar-refractivity contribution in [2.24, 2.45) is 5.92 Å². The summed E-state index contributed by atoms with van der Waals surface area (Å²) in [4.78, 5) is 0. The third-order valence-electron chi connectivity index (χ3n) is 9.13. The molecule has 3 heterocycles. The zero-order valence-electron chi connectivity index (χ0n) is 28.1. The van der Waals surface area contributed by atoms with E-state index in [4.69, 9.17) is 23.7 Å². The summed E-state index contributed by atoms with van der Waals surface area (Å²) in [5.74, 6) is 4.45. The van der Waals surface area contributed by atoms with E-state index in [0.717, 1.165) is 55.0 Å². The molecule has 4 aromatic carbocycles. The first kappa shape index (κ1) is 32.8. The molecule has 2 aliphatic rings. The lowest BCUT2D eigenvalue weighted by Crippen LogP contribution is -2.03. The lowest BCUT2D eigenvalue weighted by molar-refractivity contribution is 0.263. The van der Waals surface area contributed by atoms with E-state index in [-0.39, 0.29) is 6.10 Å². The van der Waals surface area contributed by atoms with Crippen molar-refractivity contribution >= 4 is 16.4 Å². The van der Waals surface area contributed by atoms with Gasteiger partial charge in [0.05, 0.1) is 26.4 Å². The Balaban J connectivity index is 0.741. The molecule has 0 N–H and O–H groups in total. The van der Waals surface area contributed by atoms with Crippen molar-refractivity contribution in [1.82, 2.24) is 0 Å². The second-order valence-corrected chi connectivity index (χ2v) is 15.7. The molecule has 1 saturated carbocycles. The molecule has 0 bridgehead atoms. The first-order chi connectivity index (χ1) is 24.7. The van der Waals surface area contributed by atoms with Crippen LogP contribution in [0, 0.1) is 5.92 Å². The Morgan fingerprint density at radius 3 is 1.12 bits per heavy atom. The molecule has 2 aromatic heterocycles. The monoisotopic (exact) mass is 700 g/mol. The maximum absolute atomic E-state index is 6.04. The maximum Gasteiger partial charge on any atom is 0.119 e. The highest BCUT2D eigenvalue weighted by Crippen LogP contribution is 2.41. The van der Waals surface area contributed by atoms with Crippen molar-refractivity contribution < 1.29 is 23.7 Å². The smallest absolute Gasteiger partial charge is 0.119 e. The Morgan fingerprint density at radius 1 is 0.440 bits per heavy atom. The average molecular weight is 701 g/mol. The van der Waals surface area contributed by atoms with Gasteiger partial charge in [0, 0.05) is 0 Å². The first-order valence-corrected chi connectivity index (χ1v) is 19.6. The van der Waals surface area contributed by atoms with Crippen molar-refractivity contribution in [2.75, 3.05) is 33.0 Å². The van der Waals surface area contributed by atoms with E-state index in [9.17, 15) is 0 Å². The van der Waals surface area contributed by atoms with E-state index in [1.54, 1.807) is 0 Å². The van der Waals surface area contributed by atoms with Crippen molar-refractivity contribution in [1.29, 1.82) is 0 Å². The molecule has 5 nitrogen and oxygen atoms in total. The molecule has 1 saturated heterocycles. The third-order valence-corrected chi connectivity index (χ3v) is 12.0. The molecule has 0 spiro atoms. The molecular weight excluding hydrogens is 658 g/mol. The van der Waals surface area contributed by atoms with Gasteiger partial charge in [-0.15, -0.1) is 16.4 Å². The van der Waals surface area contributed by atoms with Crippen LogP contribution >= 0.6 is 16.4 Å². The fraction of sp³-hybridized carbons (Fsp3) is 0.256. The van der Waals surface area contributed by atoms with Gasteiger partial charge in [0.2, 0.25) is 0 Å². The standard InChI is InChI=1S/C43H42O5P2/c1(25-44-35-13-5-31(6-14-35)40-21-23-42(49-40)33-9-17-37(18-10-33)46-27-30-3-4-30)2-26-45-36-15-7-32(8-16-36)41-22-24-43(50-41)34-11-19-38(20-12-34)47-28-39-29-48-39/h5-24,30,39,49-50H,1-4,25-29H2. The van der Waals surface area contributed by atoms with E-state index in [1.165, 1.54) is 56.3 Å². The van der Waals surface area contributed by atoms with E-state index in [1.807, 2.05) is 12.1 Å². The second kappa shape index (κ2) is 15.7. The van der Waals surface area contributed by atoms with Gasteiger partial charge in [-0.25, -0.2) is 0 Å². The lowest BCUT2D eigenvalue weighted by Gasteiger charge is -2.09. The number of hydrogen-bond acceptors (Lipinski definition) is 5. The summed E-state index contributed by atoms with van der Waals surface area (Å²) in [6, 6.07) is 42.9. The van der Waals surface area contributed by atoms with Crippen LogP contribution in [-0.4, -0.2) is 39.1 Å². The summed E-state index contributed by atoms with van der Waals surface area (Å²) in [5, 5.41) is 5.43. The van der Waals surface area contributed by atoms with E-state index >= 15 is 0 Å². The van der Waals surface area contributed by atoms with E-state index in [0.29, 0.717) is 36.2 Å². The minimum absolute atomic E-state index is 0.271. The third kappa shape index (κ3) is 8.84. The van der Waals surface area contributed by atoms with Gasteiger partial charge in [0.1, 0.15) is 35.7 Å². The van der Waals surface area contributed by atoms with Gasteiger partial charge in [-0.1, -0.05) is 48.5 Å². The van der Waals surface area contributed by atoms with Crippen molar-refractivity contribution in [3.8, 4) is 66.4 Å². The largest absolute Gasteiger partial charge is 0.494 e. The Hall–Kier alpha value is -4.40. The van der Waals surface area contributed by atoms with Gasteiger partial charge in [-0.2, -0.15) is 0 Å². The fourth-order valence-electron chi connectivity index (χ4n) is 5.82. The van der Waals surface area contributed by atoms with Gasteiger partial charge in [-0.05, 0) is 148 Å². The van der Waals surface area contributed by atoms with Crippen LogP contribution in [0.2, 0.25) is 0 Å².